The summed E-state index contributed by atoms with van der Waals surface area (Å²) in [4.78, 5) is 35.9. The number of aliphatic hydroxyl groups excluding tert-OH is 1. The summed E-state index contributed by atoms with van der Waals surface area (Å²) in [5.74, 6) is -0.786. The number of thioether (sulfide) groups is 1. The molecule has 3 rings (SSSR count). The molecule has 138 valence electrons. The number of amides is 2. The number of benzene rings is 2. The first-order valence-electron chi connectivity index (χ1n) is 7.95. The molecule has 0 aliphatic carbocycles. The SMILES string of the molecule is O=C1NN(c2ccccc2)C(=O)C1=Cc1ccc(SCCO)c([N+](=O)[O-])c1. The number of nitro groups is 1. The summed E-state index contributed by atoms with van der Waals surface area (Å²) in [6, 6.07) is 13.1. The number of carbonyl (C=O) groups is 2. The van der Waals surface area contributed by atoms with Crippen LogP contribution in [0.15, 0.2) is 59.0 Å². The van der Waals surface area contributed by atoms with Gasteiger partial charge in [-0.25, -0.2) is 5.01 Å². The van der Waals surface area contributed by atoms with Gasteiger partial charge in [0, 0.05) is 11.8 Å². The van der Waals surface area contributed by atoms with Crippen LogP contribution in [0.5, 0.6) is 0 Å². The van der Waals surface area contributed by atoms with E-state index < -0.39 is 16.7 Å². The molecule has 2 aromatic carbocycles. The molecule has 27 heavy (non-hydrogen) atoms. The summed E-state index contributed by atoms with van der Waals surface area (Å²) < 4.78 is 0. The van der Waals surface area contributed by atoms with Gasteiger partial charge in [0.15, 0.2) is 0 Å². The molecule has 0 spiro atoms. The molecule has 1 aliphatic heterocycles. The fraction of sp³-hybridized carbons (Fsp3) is 0.111. The van der Waals surface area contributed by atoms with Gasteiger partial charge >= 0.3 is 0 Å². The molecular formula is C18H15N3O5S. The van der Waals surface area contributed by atoms with E-state index in [0.29, 0.717) is 21.9 Å². The topological polar surface area (TPSA) is 113 Å². The molecule has 2 amide bonds. The number of para-hydroxylation sites is 1. The second-order valence-corrected chi connectivity index (χ2v) is 6.67. The first kappa shape index (κ1) is 18.6. The van der Waals surface area contributed by atoms with Crippen LogP contribution >= 0.6 is 11.8 Å². The van der Waals surface area contributed by atoms with Crippen molar-refractivity contribution < 1.29 is 19.6 Å². The molecule has 1 heterocycles. The van der Waals surface area contributed by atoms with E-state index in [1.54, 1.807) is 36.4 Å². The fourth-order valence-electron chi connectivity index (χ4n) is 2.53. The number of rotatable bonds is 6. The van der Waals surface area contributed by atoms with Crippen molar-refractivity contribution in [1.82, 2.24) is 5.43 Å². The van der Waals surface area contributed by atoms with Gasteiger partial charge in [-0.1, -0.05) is 24.3 Å². The third kappa shape index (κ3) is 3.99. The Morgan fingerprint density at radius 2 is 1.93 bits per heavy atom. The van der Waals surface area contributed by atoms with Crippen molar-refractivity contribution in [1.29, 1.82) is 0 Å². The molecule has 2 N–H and O–H groups in total. The van der Waals surface area contributed by atoms with Crippen LogP contribution in [0, 0.1) is 10.1 Å². The van der Waals surface area contributed by atoms with E-state index in [0.717, 1.165) is 16.8 Å². The number of carbonyl (C=O) groups excluding carboxylic acids is 2. The smallest absolute Gasteiger partial charge is 0.283 e. The Hall–Kier alpha value is -3.17. The molecule has 0 saturated carbocycles. The molecule has 1 aliphatic rings. The summed E-state index contributed by atoms with van der Waals surface area (Å²) in [5, 5.41) is 21.3. The minimum atomic E-state index is -0.578. The van der Waals surface area contributed by atoms with Gasteiger partial charge in [-0.3, -0.25) is 25.1 Å². The Kier molecular flexibility index (Phi) is 5.53. The van der Waals surface area contributed by atoms with E-state index in [1.165, 1.54) is 18.2 Å². The second kappa shape index (κ2) is 8.02. The van der Waals surface area contributed by atoms with E-state index in [-0.39, 0.29) is 17.9 Å². The zero-order valence-electron chi connectivity index (χ0n) is 14.0. The number of nitrogens with one attached hydrogen (secondary N) is 1. The Labute approximate surface area is 158 Å². The maximum Gasteiger partial charge on any atom is 0.283 e. The van der Waals surface area contributed by atoms with Gasteiger partial charge < -0.3 is 5.11 Å². The van der Waals surface area contributed by atoms with Crippen LogP contribution in [0.25, 0.3) is 6.08 Å². The molecule has 1 fully saturated rings. The minimum Gasteiger partial charge on any atom is -0.396 e. The predicted molar refractivity (Wildman–Crippen MR) is 101 cm³/mol. The molecule has 1 saturated heterocycles. The van der Waals surface area contributed by atoms with Crippen LogP contribution < -0.4 is 10.4 Å². The van der Waals surface area contributed by atoms with Crippen molar-refractivity contribution in [3.8, 4) is 0 Å². The zero-order valence-corrected chi connectivity index (χ0v) is 14.8. The van der Waals surface area contributed by atoms with Crippen LogP contribution in [-0.4, -0.2) is 34.2 Å². The molecule has 2 aromatic rings. The maximum atomic E-state index is 12.6. The lowest BCUT2D eigenvalue weighted by atomic mass is 10.1. The van der Waals surface area contributed by atoms with Gasteiger partial charge in [-0.15, -0.1) is 11.8 Å². The summed E-state index contributed by atoms with van der Waals surface area (Å²) in [6.07, 6.45) is 1.33. The fourth-order valence-corrected chi connectivity index (χ4v) is 3.28. The van der Waals surface area contributed by atoms with Gasteiger partial charge in [0.05, 0.1) is 22.1 Å². The molecule has 0 aromatic heterocycles. The van der Waals surface area contributed by atoms with Gasteiger partial charge in [0.2, 0.25) is 0 Å². The molecule has 0 bridgehead atoms. The quantitative estimate of drug-likeness (QED) is 0.259. The third-order valence-electron chi connectivity index (χ3n) is 3.75. The summed E-state index contributed by atoms with van der Waals surface area (Å²) >= 11 is 1.16. The monoisotopic (exact) mass is 385 g/mol. The number of nitrogens with zero attached hydrogens (tertiary/aromatic N) is 2. The number of hydrogen-bond donors (Lipinski definition) is 2. The van der Waals surface area contributed by atoms with Crippen molar-refractivity contribution in [2.24, 2.45) is 0 Å². The van der Waals surface area contributed by atoms with Crippen LogP contribution in [0.4, 0.5) is 11.4 Å². The normalized spacial score (nSPS) is 15.3. The summed E-state index contributed by atoms with van der Waals surface area (Å²) in [6.45, 7) is -0.0996. The minimum absolute atomic E-state index is 0.0996. The lowest BCUT2D eigenvalue weighted by Gasteiger charge is -2.13. The molecule has 0 unspecified atom stereocenters. The lowest BCUT2D eigenvalue weighted by Crippen LogP contribution is -2.35. The average Bonchev–Trinajstić information content (AvgIpc) is 2.95. The van der Waals surface area contributed by atoms with Gasteiger partial charge in [-0.05, 0) is 29.8 Å². The van der Waals surface area contributed by atoms with Crippen LogP contribution in [0.1, 0.15) is 5.56 Å². The summed E-state index contributed by atoms with van der Waals surface area (Å²) in [7, 11) is 0. The zero-order chi connectivity index (χ0) is 19.4. The van der Waals surface area contributed by atoms with Gasteiger partial charge in [-0.2, -0.15) is 0 Å². The van der Waals surface area contributed by atoms with E-state index >= 15 is 0 Å². The molecule has 8 nitrogen and oxygen atoms in total. The van der Waals surface area contributed by atoms with E-state index in [9.17, 15) is 19.7 Å². The first-order chi connectivity index (χ1) is 13.0. The number of hydrazine groups is 1. The Morgan fingerprint density at radius 3 is 2.59 bits per heavy atom. The van der Waals surface area contributed by atoms with Crippen molar-refractivity contribution >= 4 is 41.0 Å². The van der Waals surface area contributed by atoms with E-state index in [1.807, 2.05) is 0 Å². The third-order valence-corrected chi connectivity index (χ3v) is 4.79. The van der Waals surface area contributed by atoms with Crippen LogP contribution in [0.3, 0.4) is 0 Å². The van der Waals surface area contributed by atoms with Gasteiger partial charge in [0.25, 0.3) is 17.5 Å². The Balaban J connectivity index is 1.92. The first-order valence-corrected chi connectivity index (χ1v) is 8.94. The molecule has 0 atom stereocenters. The van der Waals surface area contributed by atoms with Crippen molar-refractivity contribution in [3.63, 3.8) is 0 Å². The van der Waals surface area contributed by atoms with E-state index in [4.69, 9.17) is 5.11 Å². The summed E-state index contributed by atoms with van der Waals surface area (Å²) in [5.41, 5.74) is 3.10. The van der Waals surface area contributed by atoms with Gasteiger partial charge in [0.1, 0.15) is 5.57 Å². The number of nitro benzene ring substituents is 1. The standard InChI is InChI=1S/C18H15N3O5S/c22-8-9-27-16-7-6-12(11-15(16)21(25)26)10-14-17(23)19-20(18(14)24)13-4-2-1-3-5-13/h1-7,10-11,22H,8-9H2,(H,19,23). The highest BCUT2D eigenvalue weighted by molar-refractivity contribution is 7.99. The van der Waals surface area contributed by atoms with E-state index in [2.05, 4.69) is 5.43 Å². The maximum absolute atomic E-state index is 12.6. The van der Waals surface area contributed by atoms with Crippen molar-refractivity contribution in [3.05, 3.63) is 69.8 Å². The van der Waals surface area contributed by atoms with Crippen molar-refractivity contribution in [2.45, 2.75) is 4.90 Å². The average molecular weight is 385 g/mol. The predicted octanol–water partition coefficient (Wildman–Crippen LogP) is 2.14. The molecule has 9 heteroatoms. The number of hydrogen-bond acceptors (Lipinski definition) is 6. The molecular weight excluding hydrogens is 370 g/mol. The highest BCUT2D eigenvalue weighted by Crippen LogP contribution is 2.31. The van der Waals surface area contributed by atoms with Crippen LogP contribution in [0.2, 0.25) is 0 Å². The van der Waals surface area contributed by atoms with Crippen LogP contribution in [-0.2, 0) is 9.59 Å². The lowest BCUT2D eigenvalue weighted by molar-refractivity contribution is -0.387. The highest BCUT2D eigenvalue weighted by atomic mass is 32.2. The number of anilines is 1. The van der Waals surface area contributed by atoms with Crippen molar-refractivity contribution in [2.75, 3.05) is 17.4 Å². The Bertz CT molecular complexity index is 930. The second-order valence-electron chi connectivity index (χ2n) is 5.53. The number of aliphatic hydroxyl groups is 1. The Morgan fingerprint density at radius 1 is 1.19 bits per heavy atom. The molecule has 0 radical (unpaired) electrons. The highest BCUT2D eigenvalue weighted by Gasteiger charge is 2.34. The largest absolute Gasteiger partial charge is 0.396 e.